The first-order valence-electron chi connectivity index (χ1n) is 9.35. The van der Waals surface area contributed by atoms with Crippen molar-refractivity contribution in [2.45, 2.75) is 13.8 Å². The van der Waals surface area contributed by atoms with Gasteiger partial charge >= 0.3 is 5.97 Å². The fourth-order valence-electron chi connectivity index (χ4n) is 2.73. The van der Waals surface area contributed by atoms with E-state index in [2.05, 4.69) is 15.3 Å². The van der Waals surface area contributed by atoms with Crippen LogP contribution in [0.15, 0.2) is 67.0 Å². The lowest BCUT2D eigenvalue weighted by molar-refractivity contribution is 0.0526. The van der Waals surface area contributed by atoms with Gasteiger partial charge in [-0.3, -0.25) is 4.79 Å². The highest BCUT2D eigenvalue weighted by Gasteiger charge is 2.13. The van der Waals surface area contributed by atoms with Crippen LogP contribution < -0.4 is 10.2 Å². The second kappa shape index (κ2) is 9.45. The summed E-state index contributed by atoms with van der Waals surface area (Å²) in [5.74, 6) is -0.203. The van der Waals surface area contributed by atoms with Crippen molar-refractivity contribution in [3.63, 3.8) is 0 Å². The Morgan fingerprint density at radius 3 is 2.17 bits per heavy atom. The van der Waals surface area contributed by atoms with E-state index in [-0.39, 0.29) is 5.91 Å². The third-order valence-corrected chi connectivity index (χ3v) is 4.18. The Labute approximate surface area is 169 Å². The molecule has 0 aliphatic carbocycles. The van der Waals surface area contributed by atoms with Gasteiger partial charge in [0.05, 0.1) is 17.7 Å². The molecule has 3 aromatic rings. The van der Waals surface area contributed by atoms with E-state index < -0.39 is 5.97 Å². The highest BCUT2D eigenvalue weighted by atomic mass is 16.5. The maximum absolute atomic E-state index is 12.5. The first kappa shape index (κ1) is 20.0. The molecule has 1 amide bonds. The van der Waals surface area contributed by atoms with Crippen LogP contribution in [0.5, 0.6) is 0 Å². The molecule has 0 bridgehead atoms. The van der Waals surface area contributed by atoms with E-state index in [9.17, 15) is 9.59 Å². The standard InChI is InChI=1S/C22H22N4O3/c1-3-26(19-8-6-5-7-9-19)22-23-14-17(15-24-22)20(27)25-18-12-10-16(11-13-18)21(28)29-4-2/h5-15H,3-4H2,1-2H3,(H,25,27). The topological polar surface area (TPSA) is 84.4 Å². The van der Waals surface area contributed by atoms with Crippen molar-refractivity contribution in [1.82, 2.24) is 9.97 Å². The number of hydrogen-bond acceptors (Lipinski definition) is 6. The molecule has 7 heteroatoms. The number of esters is 1. The SMILES string of the molecule is CCOC(=O)c1ccc(NC(=O)c2cnc(N(CC)c3ccccc3)nc2)cc1. The summed E-state index contributed by atoms with van der Waals surface area (Å²) in [7, 11) is 0. The van der Waals surface area contributed by atoms with Crippen molar-refractivity contribution in [2.75, 3.05) is 23.4 Å². The number of ether oxygens (including phenoxy) is 1. The van der Waals surface area contributed by atoms with Crippen LogP contribution in [0.4, 0.5) is 17.3 Å². The Morgan fingerprint density at radius 2 is 1.59 bits per heavy atom. The third kappa shape index (κ3) is 4.95. The van der Waals surface area contributed by atoms with Gasteiger partial charge in [0.2, 0.25) is 5.95 Å². The summed E-state index contributed by atoms with van der Waals surface area (Å²) in [5.41, 5.74) is 2.31. The number of anilines is 3. The smallest absolute Gasteiger partial charge is 0.338 e. The van der Waals surface area contributed by atoms with Gasteiger partial charge in [-0.05, 0) is 50.2 Å². The monoisotopic (exact) mass is 390 g/mol. The summed E-state index contributed by atoms with van der Waals surface area (Å²) in [5, 5.41) is 2.77. The number of aromatic nitrogens is 2. The number of benzene rings is 2. The van der Waals surface area contributed by atoms with Crippen LogP contribution in [0.2, 0.25) is 0 Å². The van der Waals surface area contributed by atoms with E-state index in [1.807, 2.05) is 42.2 Å². The van der Waals surface area contributed by atoms with Gasteiger partial charge in [-0.15, -0.1) is 0 Å². The van der Waals surface area contributed by atoms with Crippen molar-refractivity contribution in [1.29, 1.82) is 0 Å². The lowest BCUT2D eigenvalue weighted by Crippen LogP contribution is -2.20. The molecule has 3 rings (SSSR count). The second-order valence-corrected chi connectivity index (χ2v) is 6.10. The van der Waals surface area contributed by atoms with Crippen LogP contribution in [-0.2, 0) is 4.74 Å². The minimum atomic E-state index is -0.395. The largest absolute Gasteiger partial charge is 0.462 e. The van der Waals surface area contributed by atoms with Crippen molar-refractivity contribution in [2.24, 2.45) is 0 Å². The van der Waals surface area contributed by atoms with E-state index in [0.717, 1.165) is 5.69 Å². The molecule has 1 N–H and O–H groups in total. The van der Waals surface area contributed by atoms with Crippen LogP contribution in [0.25, 0.3) is 0 Å². The molecule has 1 heterocycles. The van der Waals surface area contributed by atoms with Gasteiger partial charge in [-0.1, -0.05) is 18.2 Å². The Bertz CT molecular complexity index is 958. The molecular formula is C22H22N4O3. The normalized spacial score (nSPS) is 10.3. The average Bonchev–Trinajstić information content (AvgIpc) is 2.76. The lowest BCUT2D eigenvalue weighted by Gasteiger charge is -2.20. The fraction of sp³-hybridized carbons (Fsp3) is 0.182. The van der Waals surface area contributed by atoms with E-state index in [0.29, 0.717) is 35.9 Å². The molecule has 0 saturated carbocycles. The zero-order valence-corrected chi connectivity index (χ0v) is 16.3. The number of carbonyl (C=O) groups excluding carboxylic acids is 2. The second-order valence-electron chi connectivity index (χ2n) is 6.10. The van der Waals surface area contributed by atoms with Crippen LogP contribution in [-0.4, -0.2) is 35.0 Å². The Hall–Kier alpha value is -3.74. The number of amides is 1. The van der Waals surface area contributed by atoms with Crippen molar-refractivity contribution < 1.29 is 14.3 Å². The Morgan fingerprint density at radius 1 is 0.931 bits per heavy atom. The van der Waals surface area contributed by atoms with Gasteiger partial charge < -0.3 is 15.0 Å². The van der Waals surface area contributed by atoms with Crippen LogP contribution in [0.3, 0.4) is 0 Å². The molecule has 2 aromatic carbocycles. The molecule has 29 heavy (non-hydrogen) atoms. The minimum absolute atomic E-state index is 0.313. The molecule has 0 aliphatic rings. The van der Waals surface area contributed by atoms with Gasteiger partial charge in [0.1, 0.15) is 0 Å². The van der Waals surface area contributed by atoms with Crippen LogP contribution in [0.1, 0.15) is 34.6 Å². The molecule has 0 unspecified atom stereocenters. The van der Waals surface area contributed by atoms with Gasteiger partial charge in [0.15, 0.2) is 0 Å². The maximum atomic E-state index is 12.5. The fourth-order valence-corrected chi connectivity index (χ4v) is 2.73. The van der Waals surface area contributed by atoms with Crippen molar-refractivity contribution in [3.05, 3.63) is 78.1 Å². The molecule has 0 saturated heterocycles. The van der Waals surface area contributed by atoms with Gasteiger partial charge in [0.25, 0.3) is 5.91 Å². The van der Waals surface area contributed by atoms with E-state index in [1.165, 1.54) is 12.4 Å². The zero-order chi connectivity index (χ0) is 20.6. The highest BCUT2D eigenvalue weighted by molar-refractivity contribution is 6.04. The van der Waals surface area contributed by atoms with E-state index in [1.54, 1.807) is 31.2 Å². The van der Waals surface area contributed by atoms with Crippen molar-refractivity contribution >= 4 is 29.2 Å². The Balaban J connectivity index is 1.68. The molecule has 0 atom stereocenters. The predicted octanol–water partition coefficient (Wildman–Crippen LogP) is 4.06. The number of hydrogen-bond donors (Lipinski definition) is 1. The van der Waals surface area contributed by atoms with Gasteiger partial charge in [-0.2, -0.15) is 0 Å². The summed E-state index contributed by atoms with van der Waals surface area (Å²) in [6, 6.07) is 16.3. The molecule has 0 aliphatic heterocycles. The molecule has 0 fully saturated rings. The van der Waals surface area contributed by atoms with Gasteiger partial charge in [-0.25, -0.2) is 14.8 Å². The van der Waals surface area contributed by atoms with E-state index >= 15 is 0 Å². The highest BCUT2D eigenvalue weighted by Crippen LogP contribution is 2.21. The molecule has 0 radical (unpaired) electrons. The summed E-state index contributed by atoms with van der Waals surface area (Å²) in [6.45, 7) is 4.77. The summed E-state index contributed by atoms with van der Waals surface area (Å²) in [6.07, 6.45) is 2.99. The maximum Gasteiger partial charge on any atom is 0.338 e. The Kier molecular flexibility index (Phi) is 6.52. The molecule has 0 spiro atoms. The quantitative estimate of drug-likeness (QED) is 0.613. The zero-order valence-electron chi connectivity index (χ0n) is 16.3. The minimum Gasteiger partial charge on any atom is -0.462 e. The molecule has 148 valence electrons. The van der Waals surface area contributed by atoms with Crippen LogP contribution in [0, 0.1) is 0 Å². The van der Waals surface area contributed by atoms with E-state index in [4.69, 9.17) is 4.74 Å². The van der Waals surface area contributed by atoms with Crippen LogP contribution >= 0.6 is 0 Å². The number of nitrogens with one attached hydrogen (secondary N) is 1. The number of para-hydroxylation sites is 1. The summed E-state index contributed by atoms with van der Waals surface area (Å²) in [4.78, 5) is 34.8. The first-order chi connectivity index (χ1) is 14.1. The van der Waals surface area contributed by atoms with Crippen molar-refractivity contribution in [3.8, 4) is 0 Å². The van der Waals surface area contributed by atoms with Gasteiger partial charge in [0, 0.05) is 30.3 Å². The third-order valence-electron chi connectivity index (χ3n) is 4.18. The lowest BCUT2D eigenvalue weighted by atomic mass is 10.2. The molecule has 7 nitrogen and oxygen atoms in total. The number of nitrogens with zero attached hydrogens (tertiary/aromatic N) is 3. The molecule has 1 aromatic heterocycles. The summed E-state index contributed by atoms with van der Waals surface area (Å²) >= 11 is 0. The number of rotatable bonds is 7. The number of carbonyl (C=O) groups is 2. The first-order valence-corrected chi connectivity index (χ1v) is 9.35. The predicted molar refractivity (Wildman–Crippen MR) is 112 cm³/mol. The average molecular weight is 390 g/mol. The molecular weight excluding hydrogens is 368 g/mol. The summed E-state index contributed by atoms with van der Waals surface area (Å²) < 4.78 is 4.94.